The van der Waals surface area contributed by atoms with Gasteiger partial charge in [0.05, 0.1) is 5.69 Å². The number of benzene rings is 1. The molecular formula is C13H20N2O. The zero-order valence-electron chi connectivity index (χ0n) is 10.0. The van der Waals surface area contributed by atoms with Gasteiger partial charge in [-0.15, -0.1) is 0 Å². The molecule has 1 heterocycles. The molecule has 0 saturated heterocycles. The molecule has 3 nitrogen and oxygen atoms in total. The summed E-state index contributed by atoms with van der Waals surface area (Å²) in [5.74, 6) is 1.02. The largest absolute Gasteiger partial charge is 0.489 e. The first kappa shape index (κ1) is 11.3. The van der Waals surface area contributed by atoms with Gasteiger partial charge in [-0.1, -0.05) is 19.1 Å². The fraction of sp³-hybridized carbons (Fsp3) is 0.538. The highest BCUT2D eigenvalue weighted by molar-refractivity contribution is 5.61. The van der Waals surface area contributed by atoms with Crippen LogP contribution in [0.5, 0.6) is 5.75 Å². The molecule has 88 valence electrons. The van der Waals surface area contributed by atoms with Gasteiger partial charge in [-0.2, -0.15) is 0 Å². The van der Waals surface area contributed by atoms with Crippen molar-refractivity contribution in [3.63, 3.8) is 0 Å². The summed E-state index contributed by atoms with van der Waals surface area (Å²) in [6.45, 7) is 6.92. The topological polar surface area (TPSA) is 33.3 Å². The molecule has 1 aliphatic heterocycles. The molecule has 0 spiro atoms. The SMILES string of the molecule is CCC(C)NCc1cccc2c1OCCN2. The normalized spacial score (nSPS) is 15.9. The molecule has 1 aromatic carbocycles. The molecule has 0 bridgehead atoms. The van der Waals surface area contributed by atoms with Gasteiger partial charge in [-0.25, -0.2) is 0 Å². The summed E-state index contributed by atoms with van der Waals surface area (Å²) in [7, 11) is 0. The van der Waals surface area contributed by atoms with E-state index in [2.05, 4.69) is 42.7 Å². The molecule has 2 rings (SSSR count). The second-order valence-electron chi connectivity index (χ2n) is 4.26. The van der Waals surface area contributed by atoms with E-state index < -0.39 is 0 Å². The molecule has 0 radical (unpaired) electrons. The highest BCUT2D eigenvalue weighted by Gasteiger charge is 2.13. The van der Waals surface area contributed by atoms with Crippen molar-refractivity contribution in [1.29, 1.82) is 0 Å². The fourth-order valence-electron chi connectivity index (χ4n) is 1.80. The summed E-state index contributed by atoms with van der Waals surface area (Å²) in [4.78, 5) is 0. The number of hydrogen-bond donors (Lipinski definition) is 2. The van der Waals surface area contributed by atoms with Gasteiger partial charge in [0.15, 0.2) is 0 Å². The van der Waals surface area contributed by atoms with Gasteiger partial charge in [0.25, 0.3) is 0 Å². The summed E-state index contributed by atoms with van der Waals surface area (Å²) in [6.07, 6.45) is 1.15. The quantitative estimate of drug-likeness (QED) is 0.817. The van der Waals surface area contributed by atoms with E-state index in [4.69, 9.17) is 4.74 Å². The number of para-hydroxylation sites is 1. The lowest BCUT2D eigenvalue weighted by molar-refractivity contribution is 0.318. The van der Waals surface area contributed by atoms with E-state index >= 15 is 0 Å². The van der Waals surface area contributed by atoms with E-state index in [1.54, 1.807) is 0 Å². The number of hydrogen-bond acceptors (Lipinski definition) is 3. The number of nitrogens with one attached hydrogen (secondary N) is 2. The van der Waals surface area contributed by atoms with Crippen molar-refractivity contribution in [3.05, 3.63) is 23.8 Å². The van der Waals surface area contributed by atoms with Gasteiger partial charge in [-0.3, -0.25) is 0 Å². The monoisotopic (exact) mass is 220 g/mol. The third-order valence-electron chi connectivity index (χ3n) is 3.01. The first-order chi connectivity index (χ1) is 7.81. The van der Waals surface area contributed by atoms with Crippen LogP contribution in [-0.2, 0) is 6.54 Å². The van der Waals surface area contributed by atoms with Crippen molar-refractivity contribution >= 4 is 5.69 Å². The Balaban J connectivity index is 2.08. The van der Waals surface area contributed by atoms with Gasteiger partial charge in [0, 0.05) is 24.7 Å². The summed E-state index contributed by atoms with van der Waals surface area (Å²) in [5, 5.41) is 6.84. The fourth-order valence-corrected chi connectivity index (χ4v) is 1.80. The highest BCUT2D eigenvalue weighted by Crippen LogP contribution is 2.31. The molecule has 16 heavy (non-hydrogen) atoms. The Morgan fingerprint density at radius 1 is 1.50 bits per heavy atom. The predicted molar refractivity (Wildman–Crippen MR) is 67.0 cm³/mol. The minimum absolute atomic E-state index is 0.549. The lowest BCUT2D eigenvalue weighted by Gasteiger charge is -2.22. The second-order valence-corrected chi connectivity index (χ2v) is 4.26. The van der Waals surface area contributed by atoms with Crippen molar-refractivity contribution in [1.82, 2.24) is 5.32 Å². The van der Waals surface area contributed by atoms with Crippen LogP contribution in [0.1, 0.15) is 25.8 Å². The Bertz CT molecular complexity index is 352. The smallest absolute Gasteiger partial charge is 0.146 e. The third-order valence-corrected chi connectivity index (χ3v) is 3.01. The summed E-state index contributed by atoms with van der Waals surface area (Å²) >= 11 is 0. The Hall–Kier alpha value is -1.22. The Kier molecular flexibility index (Phi) is 3.67. The number of anilines is 1. The zero-order valence-corrected chi connectivity index (χ0v) is 10.0. The number of rotatable bonds is 4. The van der Waals surface area contributed by atoms with Gasteiger partial charge < -0.3 is 15.4 Å². The zero-order chi connectivity index (χ0) is 11.4. The average Bonchev–Trinajstić information content (AvgIpc) is 2.35. The van der Waals surface area contributed by atoms with Crippen LogP contribution < -0.4 is 15.4 Å². The van der Waals surface area contributed by atoms with Crippen LogP contribution in [0.25, 0.3) is 0 Å². The lowest BCUT2D eigenvalue weighted by atomic mass is 10.1. The van der Waals surface area contributed by atoms with Crippen LogP contribution in [0, 0.1) is 0 Å². The molecule has 1 aliphatic rings. The van der Waals surface area contributed by atoms with Crippen LogP contribution >= 0.6 is 0 Å². The van der Waals surface area contributed by atoms with Crippen LogP contribution in [-0.4, -0.2) is 19.2 Å². The van der Waals surface area contributed by atoms with Gasteiger partial charge in [-0.05, 0) is 19.4 Å². The second kappa shape index (κ2) is 5.21. The average molecular weight is 220 g/mol. The first-order valence-corrected chi connectivity index (χ1v) is 6.03. The van der Waals surface area contributed by atoms with Crippen molar-refractivity contribution < 1.29 is 4.74 Å². The standard InChI is InChI=1S/C13H20N2O/c1-3-10(2)15-9-11-5-4-6-12-13(11)16-8-7-14-12/h4-6,10,14-15H,3,7-9H2,1-2H3. The first-order valence-electron chi connectivity index (χ1n) is 6.03. The molecule has 0 aliphatic carbocycles. The Morgan fingerprint density at radius 2 is 2.38 bits per heavy atom. The maximum Gasteiger partial charge on any atom is 0.146 e. The molecule has 1 atom stereocenters. The van der Waals surface area contributed by atoms with E-state index in [0.29, 0.717) is 6.04 Å². The Labute approximate surface area is 97.2 Å². The predicted octanol–water partition coefficient (Wildman–Crippen LogP) is 2.38. The maximum atomic E-state index is 5.72. The van der Waals surface area contributed by atoms with Crippen LogP contribution in [0.15, 0.2) is 18.2 Å². The van der Waals surface area contributed by atoms with Crippen molar-refractivity contribution in [2.75, 3.05) is 18.5 Å². The number of ether oxygens (including phenoxy) is 1. The lowest BCUT2D eigenvalue weighted by Crippen LogP contribution is -2.26. The van der Waals surface area contributed by atoms with Gasteiger partial charge in [0.1, 0.15) is 12.4 Å². The van der Waals surface area contributed by atoms with Crippen molar-refractivity contribution in [2.24, 2.45) is 0 Å². The maximum absolute atomic E-state index is 5.72. The summed E-state index contributed by atoms with van der Waals surface area (Å²) in [6, 6.07) is 6.82. The summed E-state index contributed by atoms with van der Waals surface area (Å²) < 4.78 is 5.72. The van der Waals surface area contributed by atoms with E-state index in [1.807, 2.05) is 0 Å². The molecule has 0 aromatic heterocycles. The molecule has 3 heteroatoms. The molecule has 0 saturated carbocycles. The third kappa shape index (κ3) is 2.47. The summed E-state index contributed by atoms with van der Waals surface area (Å²) in [5.41, 5.74) is 2.36. The molecule has 2 N–H and O–H groups in total. The molecule has 0 amide bonds. The highest BCUT2D eigenvalue weighted by atomic mass is 16.5. The van der Waals surface area contributed by atoms with Crippen molar-refractivity contribution in [3.8, 4) is 5.75 Å². The van der Waals surface area contributed by atoms with Gasteiger partial charge >= 0.3 is 0 Å². The number of fused-ring (bicyclic) bond motifs is 1. The Morgan fingerprint density at radius 3 is 3.19 bits per heavy atom. The van der Waals surface area contributed by atoms with Crippen LogP contribution in [0.2, 0.25) is 0 Å². The molecule has 0 fully saturated rings. The van der Waals surface area contributed by atoms with E-state index in [-0.39, 0.29) is 0 Å². The molecular weight excluding hydrogens is 200 g/mol. The molecule has 1 aromatic rings. The van der Waals surface area contributed by atoms with Crippen LogP contribution in [0.3, 0.4) is 0 Å². The molecule has 1 unspecified atom stereocenters. The minimum Gasteiger partial charge on any atom is -0.489 e. The van der Waals surface area contributed by atoms with E-state index in [1.165, 1.54) is 5.56 Å². The van der Waals surface area contributed by atoms with E-state index in [9.17, 15) is 0 Å². The van der Waals surface area contributed by atoms with Gasteiger partial charge in [0.2, 0.25) is 0 Å². The van der Waals surface area contributed by atoms with E-state index in [0.717, 1.165) is 37.6 Å². The minimum atomic E-state index is 0.549. The van der Waals surface area contributed by atoms with Crippen LogP contribution in [0.4, 0.5) is 5.69 Å². The van der Waals surface area contributed by atoms with Crippen molar-refractivity contribution in [2.45, 2.75) is 32.9 Å².